The number of halogens is 2. The second-order valence-corrected chi connectivity index (χ2v) is 14.4. The van der Waals surface area contributed by atoms with E-state index in [1.807, 2.05) is 65.3 Å². The van der Waals surface area contributed by atoms with Crippen LogP contribution in [0.1, 0.15) is 55.8 Å². The topological polar surface area (TPSA) is 99.9 Å². The highest BCUT2D eigenvalue weighted by atomic mass is 35.5. The van der Waals surface area contributed by atoms with Gasteiger partial charge in [0, 0.05) is 60.4 Å². The number of fused-ring (bicyclic) bond motifs is 2. The second kappa shape index (κ2) is 17.8. The maximum atomic E-state index is 13.1. The van der Waals surface area contributed by atoms with Crippen molar-refractivity contribution in [1.82, 2.24) is 19.8 Å². The average molecular weight is 765 g/mol. The standard InChI is InChI=1S/C23H26N2O3.C21H20ClFN2O2/c1-2-27-21-11-5-6-12-22(21)28-16-23(26)25-13-7-9-18(15-25)20-14-17-8-3-4-10-19(17)24-20;22-17-11-16(23)7-8-20(17)27-13-21(26)25-9-3-5-15(12-25)19-10-14-4-1-2-6-18(14)24-19/h3-6,8,10-12,14,18,24H,2,7,9,13,15-16H2,1H3;1-2,4,6-8,10-11,15,24H,3,5,9,12-13H2. The summed E-state index contributed by atoms with van der Waals surface area (Å²) in [7, 11) is 0. The van der Waals surface area contributed by atoms with Crippen molar-refractivity contribution in [2.45, 2.75) is 44.4 Å². The minimum Gasteiger partial charge on any atom is -0.490 e. The molecule has 2 aliphatic heterocycles. The minimum absolute atomic E-state index is 0.0205. The van der Waals surface area contributed by atoms with Crippen molar-refractivity contribution in [3.05, 3.63) is 125 Å². The molecule has 0 radical (unpaired) electrons. The van der Waals surface area contributed by atoms with Crippen LogP contribution in [0.3, 0.4) is 0 Å². The van der Waals surface area contributed by atoms with Crippen LogP contribution >= 0.6 is 11.6 Å². The molecule has 2 aromatic heterocycles. The third-order valence-corrected chi connectivity index (χ3v) is 10.6. The fourth-order valence-electron chi connectivity index (χ4n) is 7.44. The smallest absolute Gasteiger partial charge is 0.260 e. The lowest BCUT2D eigenvalue weighted by molar-refractivity contribution is -0.135. The van der Waals surface area contributed by atoms with Crippen molar-refractivity contribution >= 4 is 45.2 Å². The number of carbonyl (C=O) groups excluding carboxylic acids is 2. The number of hydrogen-bond donors (Lipinski definition) is 2. The molecule has 0 aliphatic carbocycles. The van der Waals surface area contributed by atoms with Gasteiger partial charge in [-0.25, -0.2) is 4.39 Å². The van der Waals surface area contributed by atoms with E-state index < -0.39 is 5.82 Å². The number of carbonyl (C=O) groups is 2. The largest absolute Gasteiger partial charge is 0.490 e. The number of nitrogens with one attached hydrogen (secondary N) is 2. The molecule has 286 valence electrons. The third-order valence-electron chi connectivity index (χ3n) is 10.3. The maximum Gasteiger partial charge on any atom is 0.260 e. The molecule has 0 saturated carbocycles. The highest BCUT2D eigenvalue weighted by molar-refractivity contribution is 6.32. The molecule has 4 heterocycles. The van der Waals surface area contributed by atoms with Crippen LogP contribution in [0, 0.1) is 5.82 Å². The molecule has 9 nitrogen and oxygen atoms in total. The van der Waals surface area contributed by atoms with Crippen molar-refractivity contribution in [1.29, 1.82) is 0 Å². The summed E-state index contributed by atoms with van der Waals surface area (Å²) < 4.78 is 29.9. The Hall–Kier alpha value is -5.48. The third kappa shape index (κ3) is 9.43. The Morgan fingerprint density at radius 1 is 0.673 bits per heavy atom. The van der Waals surface area contributed by atoms with Crippen molar-refractivity contribution in [3.8, 4) is 17.2 Å². The fraction of sp³-hybridized carbons (Fsp3) is 0.318. The highest BCUT2D eigenvalue weighted by Crippen LogP contribution is 2.32. The number of likely N-dealkylation sites (tertiary alicyclic amines) is 2. The van der Waals surface area contributed by atoms with Gasteiger partial charge in [0.15, 0.2) is 24.7 Å². The zero-order chi connectivity index (χ0) is 38.1. The molecule has 2 atom stereocenters. The number of hydrogen-bond acceptors (Lipinski definition) is 5. The van der Waals surface area contributed by atoms with Gasteiger partial charge in [0.2, 0.25) is 0 Å². The highest BCUT2D eigenvalue weighted by Gasteiger charge is 2.27. The zero-order valence-corrected chi connectivity index (χ0v) is 31.7. The quantitative estimate of drug-likeness (QED) is 0.145. The predicted octanol–water partition coefficient (Wildman–Crippen LogP) is 9.10. The van der Waals surface area contributed by atoms with E-state index in [0.717, 1.165) is 62.0 Å². The molecule has 2 aliphatic rings. The molecular formula is C44H46ClFN4O5. The number of rotatable bonds is 10. The monoisotopic (exact) mass is 764 g/mol. The van der Waals surface area contributed by atoms with Crippen molar-refractivity contribution in [2.24, 2.45) is 0 Å². The van der Waals surface area contributed by atoms with Gasteiger partial charge >= 0.3 is 0 Å². The Kier molecular flexibility index (Phi) is 12.2. The lowest BCUT2D eigenvalue weighted by Gasteiger charge is -2.32. The molecule has 6 aromatic rings. The van der Waals surface area contributed by atoms with Gasteiger partial charge in [0.1, 0.15) is 11.6 Å². The van der Waals surface area contributed by atoms with Gasteiger partial charge in [-0.2, -0.15) is 0 Å². The number of piperidine rings is 2. The molecule has 0 bridgehead atoms. The molecule has 11 heteroatoms. The molecule has 2 unspecified atom stereocenters. The van der Waals surface area contributed by atoms with Gasteiger partial charge in [-0.3, -0.25) is 9.59 Å². The number of amides is 2. The normalized spacial score (nSPS) is 17.1. The molecule has 0 spiro atoms. The Balaban J connectivity index is 0.000000169. The summed E-state index contributed by atoms with van der Waals surface area (Å²) in [6, 6.07) is 32.2. The maximum absolute atomic E-state index is 13.1. The van der Waals surface area contributed by atoms with E-state index in [0.29, 0.717) is 36.3 Å². The molecule has 2 saturated heterocycles. The van der Waals surface area contributed by atoms with E-state index in [2.05, 4.69) is 46.4 Å². The van der Waals surface area contributed by atoms with Crippen LogP contribution in [0.4, 0.5) is 4.39 Å². The Labute approximate surface area is 325 Å². The van der Waals surface area contributed by atoms with Gasteiger partial charge in [0.05, 0.1) is 11.6 Å². The predicted molar refractivity (Wildman–Crippen MR) is 214 cm³/mol. The number of nitrogens with zero attached hydrogens (tertiary/aromatic N) is 2. The van der Waals surface area contributed by atoms with Crippen LogP contribution in [-0.2, 0) is 9.59 Å². The van der Waals surface area contributed by atoms with Crippen LogP contribution in [0.15, 0.2) is 103 Å². The van der Waals surface area contributed by atoms with E-state index >= 15 is 0 Å². The summed E-state index contributed by atoms with van der Waals surface area (Å²) in [6.45, 7) is 5.30. The summed E-state index contributed by atoms with van der Waals surface area (Å²) in [5, 5.41) is 2.57. The molecule has 8 rings (SSSR count). The van der Waals surface area contributed by atoms with Crippen molar-refractivity contribution in [3.63, 3.8) is 0 Å². The van der Waals surface area contributed by atoms with Gasteiger partial charge in [-0.05, 0) is 98.0 Å². The van der Waals surface area contributed by atoms with Crippen LogP contribution in [0.5, 0.6) is 17.2 Å². The Morgan fingerprint density at radius 2 is 1.16 bits per heavy atom. The van der Waals surface area contributed by atoms with Gasteiger partial charge in [-0.15, -0.1) is 0 Å². The van der Waals surface area contributed by atoms with Crippen LogP contribution in [-0.4, -0.2) is 77.6 Å². The summed E-state index contributed by atoms with van der Waals surface area (Å²) in [5.41, 5.74) is 4.64. The van der Waals surface area contributed by atoms with Crippen molar-refractivity contribution < 1.29 is 28.2 Å². The molecule has 55 heavy (non-hydrogen) atoms. The summed E-state index contributed by atoms with van der Waals surface area (Å²) in [4.78, 5) is 36.1. The minimum atomic E-state index is -0.434. The lowest BCUT2D eigenvalue weighted by Crippen LogP contribution is -2.41. The first-order chi connectivity index (χ1) is 26.8. The number of H-pyrrole nitrogens is 2. The molecule has 4 aromatic carbocycles. The summed E-state index contributed by atoms with van der Waals surface area (Å²) in [6.07, 6.45) is 4.08. The van der Waals surface area contributed by atoms with Gasteiger partial charge in [0.25, 0.3) is 11.8 Å². The van der Waals surface area contributed by atoms with Crippen LogP contribution in [0.2, 0.25) is 5.02 Å². The number of aromatic nitrogens is 2. The summed E-state index contributed by atoms with van der Waals surface area (Å²) >= 11 is 5.95. The molecular weight excluding hydrogens is 719 g/mol. The lowest BCUT2D eigenvalue weighted by atomic mass is 9.94. The van der Waals surface area contributed by atoms with E-state index in [-0.39, 0.29) is 36.0 Å². The first-order valence-electron chi connectivity index (χ1n) is 19.0. The number of ether oxygens (including phenoxy) is 3. The van der Waals surface area contributed by atoms with E-state index in [9.17, 15) is 14.0 Å². The molecule has 2 fully saturated rings. The van der Waals surface area contributed by atoms with E-state index in [4.69, 9.17) is 25.8 Å². The van der Waals surface area contributed by atoms with Crippen LogP contribution in [0.25, 0.3) is 21.8 Å². The SMILES string of the molecule is CCOc1ccccc1OCC(=O)N1CCCC(c2cc3ccccc3[nH]2)C1.O=C(COc1ccc(F)cc1Cl)N1CCCC(c2cc3ccccc3[nH]2)C1. The second-order valence-electron chi connectivity index (χ2n) is 14.0. The van der Waals surface area contributed by atoms with Crippen molar-refractivity contribution in [2.75, 3.05) is 46.0 Å². The van der Waals surface area contributed by atoms with Gasteiger partial charge < -0.3 is 34.0 Å². The molecule has 2 N–H and O–H groups in total. The number of benzene rings is 4. The fourth-order valence-corrected chi connectivity index (χ4v) is 7.67. The first kappa shape index (κ1) is 37.8. The first-order valence-corrected chi connectivity index (χ1v) is 19.4. The molecule has 2 amide bonds. The van der Waals surface area contributed by atoms with E-state index in [1.54, 1.807) is 0 Å². The van der Waals surface area contributed by atoms with Crippen LogP contribution < -0.4 is 14.2 Å². The van der Waals surface area contributed by atoms with E-state index in [1.165, 1.54) is 34.7 Å². The Morgan fingerprint density at radius 3 is 1.67 bits per heavy atom. The Bertz CT molecular complexity index is 2170. The number of para-hydroxylation sites is 4. The zero-order valence-electron chi connectivity index (χ0n) is 30.9. The van der Waals surface area contributed by atoms with Gasteiger partial charge in [-0.1, -0.05) is 60.1 Å². The average Bonchev–Trinajstić information content (AvgIpc) is 3.86. The summed E-state index contributed by atoms with van der Waals surface area (Å²) in [5.74, 6) is 1.72. The number of aromatic amines is 2.